The minimum absolute atomic E-state index is 0.0374. The van der Waals surface area contributed by atoms with Gasteiger partial charge in [-0.25, -0.2) is 0 Å². The molecule has 1 N–H and O–H groups in total. The highest BCUT2D eigenvalue weighted by atomic mass is 35.5. The number of nitrogens with zero attached hydrogens (tertiary/aromatic N) is 1. The molecule has 36 heavy (non-hydrogen) atoms. The largest absolute Gasteiger partial charge is 0.482 e. The van der Waals surface area contributed by atoms with Crippen LogP contribution in [-0.2, 0) is 16.1 Å². The molecule has 6 nitrogen and oxygen atoms in total. The van der Waals surface area contributed by atoms with Gasteiger partial charge in [0.25, 0.3) is 17.1 Å². The van der Waals surface area contributed by atoms with Gasteiger partial charge >= 0.3 is 0 Å². The second kappa shape index (κ2) is 11.6. The average molecular weight is 582 g/mol. The Kier molecular flexibility index (Phi) is 8.49. The fraction of sp³-hybridized carbons (Fsp3) is 0.0800. The number of amides is 3. The summed E-state index contributed by atoms with van der Waals surface area (Å²) in [4.78, 5) is 38.8. The van der Waals surface area contributed by atoms with Crippen LogP contribution in [0.25, 0.3) is 6.08 Å². The number of rotatable bonds is 7. The molecule has 0 spiro atoms. The number of imide groups is 1. The predicted octanol–water partition coefficient (Wildman–Crippen LogP) is 7.55. The van der Waals surface area contributed by atoms with Gasteiger partial charge in [0.05, 0.1) is 27.2 Å². The van der Waals surface area contributed by atoms with E-state index in [9.17, 15) is 14.4 Å². The van der Waals surface area contributed by atoms with Gasteiger partial charge in [-0.3, -0.25) is 19.3 Å². The van der Waals surface area contributed by atoms with E-state index in [4.69, 9.17) is 51.1 Å². The molecule has 1 aliphatic heterocycles. The average Bonchev–Trinajstić information content (AvgIpc) is 3.09. The van der Waals surface area contributed by atoms with Crippen LogP contribution in [0.1, 0.15) is 11.1 Å². The van der Waals surface area contributed by atoms with Crippen LogP contribution in [0, 0.1) is 0 Å². The molecule has 3 aromatic rings. The van der Waals surface area contributed by atoms with Crippen LogP contribution in [0.3, 0.4) is 0 Å². The lowest BCUT2D eigenvalue weighted by Gasteiger charge is -2.14. The van der Waals surface area contributed by atoms with Crippen LogP contribution < -0.4 is 10.1 Å². The zero-order valence-corrected chi connectivity index (χ0v) is 22.1. The monoisotopic (exact) mass is 580 g/mol. The fourth-order valence-corrected chi connectivity index (χ4v) is 5.03. The summed E-state index contributed by atoms with van der Waals surface area (Å²) in [6, 6.07) is 16.6. The summed E-state index contributed by atoms with van der Waals surface area (Å²) in [6.45, 7) is -0.321. The van der Waals surface area contributed by atoms with E-state index in [1.165, 1.54) is 0 Å². The second-order valence-corrected chi connectivity index (χ2v) is 10.1. The number of ether oxygens (including phenoxy) is 1. The number of carbonyl (C=O) groups excluding carboxylic acids is 3. The van der Waals surface area contributed by atoms with E-state index in [0.717, 1.165) is 16.7 Å². The van der Waals surface area contributed by atoms with Gasteiger partial charge in [-0.2, -0.15) is 0 Å². The molecule has 1 fully saturated rings. The third-order valence-electron chi connectivity index (χ3n) is 5.01. The molecule has 4 rings (SSSR count). The minimum Gasteiger partial charge on any atom is -0.482 e. The lowest BCUT2D eigenvalue weighted by molar-refractivity contribution is -0.123. The molecule has 1 heterocycles. The molecule has 3 amide bonds. The lowest BCUT2D eigenvalue weighted by atomic mass is 10.2. The number of nitrogens with one attached hydrogen (secondary N) is 1. The highest BCUT2D eigenvalue weighted by molar-refractivity contribution is 8.18. The summed E-state index contributed by atoms with van der Waals surface area (Å²) in [6.07, 6.45) is 1.55. The van der Waals surface area contributed by atoms with Gasteiger partial charge in [-0.15, -0.1) is 0 Å². The van der Waals surface area contributed by atoms with Crippen LogP contribution >= 0.6 is 58.2 Å². The molecule has 0 atom stereocenters. The van der Waals surface area contributed by atoms with Crippen molar-refractivity contribution in [2.75, 3.05) is 11.9 Å². The van der Waals surface area contributed by atoms with Crippen molar-refractivity contribution in [3.8, 4) is 5.75 Å². The summed E-state index contributed by atoms with van der Waals surface area (Å²) >= 11 is 25.5. The van der Waals surface area contributed by atoms with Crippen molar-refractivity contribution in [1.29, 1.82) is 0 Å². The number of thioether (sulfide) groups is 1. The van der Waals surface area contributed by atoms with Crippen LogP contribution in [-0.4, -0.2) is 28.6 Å². The standard InChI is InChI=1S/C25H16Cl4N2O4S/c26-16-5-3-6-17(27)15(16)12-31-24(33)22(36-25(31)34)11-14-8-9-21(19(29)10-14)35-13-23(32)30-20-7-2-1-4-18(20)28/h1-11H,12-13H2,(H,30,32)/b22-11-. The smallest absolute Gasteiger partial charge is 0.293 e. The maximum Gasteiger partial charge on any atom is 0.293 e. The number of benzene rings is 3. The number of anilines is 1. The number of hydrogen-bond donors (Lipinski definition) is 1. The van der Waals surface area contributed by atoms with Crippen LogP contribution in [0.4, 0.5) is 10.5 Å². The molecule has 0 radical (unpaired) electrons. The fourth-order valence-electron chi connectivity index (χ4n) is 3.25. The van der Waals surface area contributed by atoms with E-state index >= 15 is 0 Å². The number of halogens is 4. The van der Waals surface area contributed by atoms with Gasteiger partial charge in [0.15, 0.2) is 6.61 Å². The van der Waals surface area contributed by atoms with Crippen molar-refractivity contribution < 1.29 is 19.1 Å². The lowest BCUT2D eigenvalue weighted by Crippen LogP contribution is -2.27. The third kappa shape index (κ3) is 6.17. The number of carbonyl (C=O) groups is 3. The molecule has 11 heteroatoms. The SMILES string of the molecule is O=C(COc1ccc(/C=C2\SC(=O)N(Cc3c(Cl)cccc3Cl)C2=O)cc1Cl)Nc1ccccc1Cl. The van der Waals surface area contributed by atoms with Crippen molar-refractivity contribution in [2.45, 2.75) is 6.54 Å². The van der Waals surface area contributed by atoms with E-state index in [2.05, 4.69) is 5.32 Å². The van der Waals surface area contributed by atoms with Gasteiger partial charge in [-0.1, -0.05) is 70.7 Å². The van der Waals surface area contributed by atoms with E-state index in [-0.39, 0.29) is 28.8 Å². The molecule has 0 unspecified atom stereocenters. The van der Waals surface area contributed by atoms with Gasteiger partial charge in [-0.05, 0) is 59.8 Å². The first-order chi connectivity index (χ1) is 17.2. The molecule has 0 bridgehead atoms. The summed E-state index contributed by atoms with van der Waals surface area (Å²) in [7, 11) is 0. The van der Waals surface area contributed by atoms with Crippen molar-refractivity contribution in [3.63, 3.8) is 0 Å². The number of hydrogen-bond acceptors (Lipinski definition) is 5. The van der Waals surface area contributed by atoms with E-state index in [1.54, 1.807) is 66.7 Å². The number of para-hydroxylation sites is 1. The summed E-state index contributed by atoms with van der Waals surface area (Å²) in [5.74, 6) is -0.589. The third-order valence-corrected chi connectivity index (χ3v) is 7.25. The van der Waals surface area contributed by atoms with Crippen LogP contribution in [0.15, 0.2) is 65.6 Å². The molecule has 1 saturated heterocycles. The van der Waals surface area contributed by atoms with Crippen LogP contribution in [0.2, 0.25) is 20.1 Å². The molecule has 0 saturated carbocycles. The van der Waals surface area contributed by atoms with E-state index in [1.807, 2.05) is 0 Å². The summed E-state index contributed by atoms with van der Waals surface area (Å²) < 4.78 is 5.51. The van der Waals surface area contributed by atoms with Crippen molar-refractivity contribution in [2.24, 2.45) is 0 Å². The normalized spacial score (nSPS) is 14.4. The molecule has 184 valence electrons. The van der Waals surface area contributed by atoms with Gasteiger partial charge in [0.1, 0.15) is 5.75 Å². The van der Waals surface area contributed by atoms with E-state index < -0.39 is 17.1 Å². The zero-order chi connectivity index (χ0) is 25.8. The highest BCUT2D eigenvalue weighted by Crippen LogP contribution is 2.36. The van der Waals surface area contributed by atoms with Crippen LogP contribution in [0.5, 0.6) is 5.75 Å². The summed E-state index contributed by atoms with van der Waals surface area (Å²) in [5, 5.41) is 3.60. The second-order valence-electron chi connectivity index (χ2n) is 7.47. The Hall–Kier alpha value is -2.68. The first kappa shape index (κ1) is 26.4. The predicted molar refractivity (Wildman–Crippen MR) is 145 cm³/mol. The van der Waals surface area contributed by atoms with Crippen molar-refractivity contribution in [3.05, 3.63) is 96.8 Å². The Morgan fingerprint density at radius 1 is 0.917 bits per heavy atom. The Bertz CT molecular complexity index is 1380. The Morgan fingerprint density at radius 3 is 2.31 bits per heavy atom. The van der Waals surface area contributed by atoms with Crippen molar-refractivity contribution >= 4 is 87.0 Å². The minimum atomic E-state index is -0.464. The van der Waals surface area contributed by atoms with Gasteiger partial charge in [0.2, 0.25) is 0 Å². The van der Waals surface area contributed by atoms with Gasteiger partial charge < -0.3 is 10.1 Å². The molecular formula is C25H16Cl4N2O4S. The maximum absolute atomic E-state index is 12.9. The summed E-state index contributed by atoms with van der Waals surface area (Å²) in [5.41, 5.74) is 1.54. The maximum atomic E-state index is 12.9. The van der Waals surface area contributed by atoms with Crippen molar-refractivity contribution in [1.82, 2.24) is 4.90 Å². The topological polar surface area (TPSA) is 75.7 Å². The van der Waals surface area contributed by atoms with E-state index in [0.29, 0.717) is 31.9 Å². The Balaban J connectivity index is 1.41. The molecule has 1 aliphatic rings. The first-order valence-electron chi connectivity index (χ1n) is 10.4. The molecule has 0 aromatic heterocycles. The quantitative estimate of drug-likeness (QED) is 0.291. The molecule has 0 aliphatic carbocycles. The Morgan fingerprint density at radius 2 is 1.61 bits per heavy atom. The first-order valence-corrected chi connectivity index (χ1v) is 12.7. The Labute approximate surface area is 231 Å². The van der Waals surface area contributed by atoms with Gasteiger partial charge in [0, 0.05) is 15.6 Å². The zero-order valence-electron chi connectivity index (χ0n) is 18.3. The molecular weight excluding hydrogens is 566 g/mol. The molecule has 3 aromatic carbocycles. The highest BCUT2D eigenvalue weighted by Gasteiger charge is 2.35.